The molecule has 0 radical (unpaired) electrons. The number of benzene rings is 2. The van der Waals surface area contributed by atoms with Crippen LogP contribution >= 0.6 is 23.4 Å². The number of carbonyl (C=O) groups is 1. The number of alkyl halides is 3. The first-order chi connectivity index (χ1) is 15.8. The Labute approximate surface area is 204 Å². The van der Waals surface area contributed by atoms with E-state index in [9.17, 15) is 26.4 Å². The zero-order chi connectivity index (χ0) is 24.8. The Bertz CT molecular complexity index is 1280. The maximum absolute atomic E-state index is 13.3. The van der Waals surface area contributed by atoms with Gasteiger partial charge in [-0.25, -0.2) is 8.42 Å². The first kappa shape index (κ1) is 24.9. The number of nitrogens with one attached hydrogen (secondary N) is 1. The molecule has 2 aromatic rings. The van der Waals surface area contributed by atoms with Crippen molar-refractivity contribution in [3.05, 3.63) is 58.1 Å². The van der Waals surface area contributed by atoms with E-state index in [0.29, 0.717) is 5.69 Å². The molecule has 2 unspecified atom stereocenters. The smallest absolute Gasteiger partial charge is 0.325 e. The Morgan fingerprint density at radius 1 is 1.21 bits per heavy atom. The van der Waals surface area contributed by atoms with Crippen molar-refractivity contribution in [1.29, 1.82) is 0 Å². The number of thioether (sulfide) groups is 1. The predicted molar refractivity (Wildman–Crippen MR) is 130 cm³/mol. The lowest BCUT2D eigenvalue weighted by molar-refractivity contribution is -0.137. The minimum Gasteiger partial charge on any atom is -0.325 e. The highest BCUT2D eigenvalue weighted by molar-refractivity contribution is 8.14. The molecule has 0 aliphatic carbocycles. The molecule has 1 fully saturated rings. The number of sulfone groups is 1. The molecule has 34 heavy (non-hydrogen) atoms. The van der Waals surface area contributed by atoms with Gasteiger partial charge < -0.3 is 10.2 Å². The lowest BCUT2D eigenvalue weighted by Crippen LogP contribution is -2.39. The van der Waals surface area contributed by atoms with Gasteiger partial charge in [0.15, 0.2) is 15.0 Å². The molecule has 6 nitrogen and oxygen atoms in total. The Kier molecular flexibility index (Phi) is 6.65. The van der Waals surface area contributed by atoms with Gasteiger partial charge in [0.25, 0.3) is 0 Å². The van der Waals surface area contributed by atoms with Crippen LogP contribution in [0, 0.1) is 13.8 Å². The number of carbonyl (C=O) groups excluding carboxylic acids is 1. The summed E-state index contributed by atoms with van der Waals surface area (Å²) >= 11 is 7.28. The van der Waals surface area contributed by atoms with Gasteiger partial charge in [0.1, 0.15) is 0 Å². The molecule has 4 rings (SSSR count). The Morgan fingerprint density at radius 2 is 1.94 bits per heavy atom. The first-order valence-corrected chi connectivity index (χ1v) is 13.5. The number of halogens is 4. The van der Waals surface area contributed by atoms with Crippen LogP contribution in [0.3, 0.4) is 0 Å². The highest BCUT2D eigenvalue weighted by atomic mass is 35.5. The molecule has 0 bridgehead atoms. The lowest BCUT2D eigenvalue weighted by atomic mass is 10.1. The van der Waals surface area contributed by atoms with E-state index in [4.69, 9.17) is 11.6 Å². The highest BCUT2D eigenvalue weighted by Gasteiger charge is 2.48. The van der Waals surface area contributed by atoms with E-state index in [0.717, 1.165) is 41.1 Å². The largest absolute Gasteiger partial charge is 0.416 e. The van der Waals surface area contributed by atoms with Gasteiger partial charge in [-0.3, -0.25) is 9.79 Å². The number of fused-ring (bicyclic) bond motifs is 1. The summed E-state index contributed by atoms with van der Waals surface area (Å²) in [5.41, 5.74) is 1.72. The van der Waals surface area contributed by atoms with E-state index in [1.807, 2.05) is 26.0 Å². The number of rotatable bonds is 4. The van der Waals surface area contributed by atoms with Gasteiger partial charge in [-0.2, -0.15) is 13.2 Å². The number of hydrogen-bond donors (Lipinski definition) is 1. The van der Waals surface area contributed by atoms with E-state index >= 15 is 0 Å². The summed E-state index contributed by atoms with van der Waals surface area (Å²) in [6.07, 6.45) is -4.60. The summed E-state index contributed by atoms with van der Waals surface area (Å²) < 4.78 is 64.4. The van der Waals surface area contributed by atoms with Crippen molar-refractivity contribution in [3.8, 4) is 0 Å². The number of amides is 1. The normalized spacial score (nSPS) is 21.4. The topological polar surface area (TPSA) is 78.8 Å². The second-order valence-corrected chi connectivity index (χ2v) is 11.8. The van der Waals surface area contributed by atoms with Gasteiger partial charge in [-0.15, -0.1) is 0 Å². The third-order valence-electron chi connectivity index (χ3n) is 5.63. The maximum atomic E-state index is 13.3. The monoisotopic (exact) mass is 531 g/mol. The zero-order valence-corrected chi connectivity index (χ0v) is 20.6. The van der Waals surface area contributed by atoms with Crippen LogP contribution in [-0.4, -0.2) is 48.8 Å². The van der Waals surface area contributed by atoms with E-state index < -0.39 is 33.7 Å². The van der Waals surface area contributed by atoms with Gasteiger partial charge >= 0.3 is 6.18 Å². The van der Waals surface area contributed by atoms with Crippen molar-refractivity contribution < 1.29 is 26.4 Å². The number of hydrogen-bond acceptors (Lipinski definition) is 6. The van der Waals surface area contributed by atoms with Crippen LogP contribution in [0.2, 0.25) is 5.02 Å². The summed E-state index contributed by atoms with van der Waals surface area (Å²) in [7, 11) is -3.40. The minimum atomic E-state index is -4.60. The van der Waals surface area contributed by atoms with Crippen LogP contribution in [0.1, 0.15) is 16.7 Å². The molecule has 2 aliphatic rings. The summed E-state index contributed by atoms with van der Waals surface area (Å²) in [4.78, 5) is 18.5. The maximum Gasteiger partial charge on any atom is 0.416 e. The van der Waals surface area contributed by atoms with Crippen LogP contribution < -0.4 is 10.2 Å². The number of nitrogens with zero attached hydrogens (tertiary/aromatic N) is 2. The molecular formula is C22H21ClF3N3O3S2. The van der Waals surface area contributed by atoms with Gasteiger partial charge in [0.05, 0.1) is 45.6 Å². The average Bonchev–Trinajstić information content (AvgIpc) is 3.19. The molecule has 1 saturated heterocycles. The molecule has 1 amide bonds. The zero-order valence-electron chi connectivity index (χ0n) is 18.2. The van der Waals surface area contributed by atoms with Crippen LogP contribution in [0.5, 0.6) is 0 Å². The van der Waals surface area contributed by atoms with Crippen molar-refractivity contribution in [2.45, 2.75) is 32.1 Å². The molecule has 12 heteroatoms. The number of aryl methyl sites for hydroxylation is 2. The number of anilines is 2. The fraction of sp³-hybridized carbons (Fsp3) is 0.364. The quantitative estimate of drug-likeness (QED) is 0.619. The second-order valence-electron chi connectivity index (χ2n) is 8.31. The van der Waals surface area contributed by atoms with Crippen molar-refractivity contribution >= 4 is 55.6 Å². The molecule has 2 atom stereocenters. The molecule has 0 saturated carbocycles. The molecule has 2 heterocycles. The summed E-state index contributed by atoms with van der Waals surface area (Å²) in [6.45, 7) is 3.81. The standard InChI is InChI=1S/C22H21ClF3N3O3S2/c1-12-3-6-16(13(2)7-12)27-20(30)9-33-21-28-17-10-34(31,32)11-19(17)29(21)18-8-14(22(24,25)26)4-5-15(18)23/h3-8,17,19H,9-11H2,1-2H3,(H,27,30). The molecule has 0 spiro atoms. The van der Waals surface area contributed by atoms with Crippen LogP contribution in [0.25, 0.3) is 0 Å². The van der Waals surface area contributed by atoms with Gasteiger partial charge in [0.2, 0.25) is 5.91 Å². The summed E-state index contributed by atoms with van der Waals surface area (Å²) in [5.74, 6) is -0.846. The van der Waals surface area contributed by atoms with Crippen molar-refractivity contribution in [2.24, 2.45) is 4.99 Å². The Morgan fingerprint density at radius 3 is 2.62 bits per heavy atom. The van der Waals surface area contributed by atoms with Crippen LogP contribution in [-0.2, 0) is 20.8 Å². The predicted octanol–water partition coefficient (Wildman–Crippen LogP) is 4.69. The third-order valence-corrected chi connectivity index (χ3v) is 8.61. The van der Waals surface area contributed by atoms with Crippen molar-refractivity contribution in [3.63, 3.8) is 0 Å². The molecule has 2 aromatic carbocycles. The molecule has 1 N–H and O–H groups in total. The van der Waals surface area contributed by atoms with E-state index in [1.54, 1.807) is 6.07 Å². The SMILES string of the molecule is Cc1ccc(NC(=O)CSC2=NC3CS(=O)(=O)CC3N2c2cc(C(F)(F)F)ccc2Cl)c(C)c1. The first-order valence-electron chi connectivity index (χ1n) is 10.3. The number of amidine groups is 1. The fourth-order valence-corrected chi connectivity index (χ4v) is 7.03. The minimum absolute atomic E-state index is 0.0159. The highest BCUT2D eigenvalue weighted by Crippen LogP contribution is 2.41. The van der Waals surface area contributed by atoms with Gasteiger partial charge in [-0.05, 0) is 43.7 Å². The van der Waals surface area contributed by atoms with Gasteiger partial charge in [0, 0.05) is 5.69 Å². The Balaban J connectivity index is 1.59. The second kappa shape index (κ2) is 9.09. The van der Waals surface area contributed by atoms with Crippen LogP contribution in [0.4, 0.5) is 24.5 Å². The van der Waals surface area contributed by atoms with E-state index in [1.165, 1.54) is 4.90 Å². The average molecular weight is 532 g/mol. The molecular weight excluding hydrogens is 511 g/mol. The third kappa shape index (κ3) is 5.21. The van der Waals surface area contributed by atoms with Gasteiger partial charge in [-0.1, -0.05) is 41.1 Å². The van der Waals surface area contributed by atoms with E-state index in [-0.39, 0.29) is 39.0 Å². The molecule has 2 aliphatic heterocycles. The molecule has 182 valence electrons. The fourth-order valence-electron chi connectivity index (χ4n) is 4.06. The summed E-state index contributed by atoms with van der Waals surface area (Å²) in [5, 5.41) is 3.11. The lowest BCUT2D eigenvalue weighted by Gasteiger charge is -2.28. The van der Waals surface area contributed by atoms with E-state index in [2.05, 4.69) is 10.3 Å². The number of aliphatic imine (C=N–C) groups is 1. The summed E-state index contributed by atoms with van der Waals surface area (Å²) in [6, 6.07) is 7.17. The Hall–Kier alpha value is -2.24. The molecule has 0 aromatic heterocycles. The van der Waals surface area contributed by atoms with Crippen LogP contribution in [0.15, 0.2) is 41.4 Å². The van der Waals surface area contributed by atoms with Crippen molar-refractivity contribution in [1.82, 2.24) is 0 Å². The van der Waals surface area contributed by atoms with Crippen molar-refractivity contribution in [2.75, 3.05) is 27.5 Å².